The Morgan fingerprint density at radius 3 is 2.67 bits per heavy atom. The number of hydrogen-bond acceptors (Lipinski definition) is 3. The average molecular weight is 249 g/mol. The summed E-state index contributed by atoms with van der Waals surface area (Å²) >= 11 is 0. The van der Waals surface area contributed by atoms with E-state index in [-0.39, 0.29) is 18.3 Å². The highest BCUT2D eigenvalue weighted by molar-refractivity contribution is 5.38. The van der Waals surface area contributed by atoms with Crippen LogP contribution in [0.3, 0.4) is 0 Å². The third-order valence-electron chi connectivity index (χ3n) is 2.86. The number of hydrogen-bond donors (Lipinski definition) is 1. The number of nitrogens with zero attached hydrogens (tertiary/aromatic N) is 3. The Labute approximate surface area is 105 Å². The van der Waals surface area contributed by atoms with Crippen molar-refractivity contribution in [3.8, 4) is 5.69 Å². The third-order valence-corrected chi connectivity index (χ3v) is 2.86. The predicted molar refractivity (Wildman–Crippen MR) is 66.1 cm³/mol. The molecule has 0 saturated heterocycles. The van der Waals surface area contributed by atoms with Gasteiger partial charge in [-0.2, -0.15) is 0 Å². The van der Waals surface area contributed by atoms with E-state index < -0.39 is 0 Å². The van der Waals surface area contributed by atoms with Gasteiger partial charge in [-0.25, -0.2) is 9.07 Å². The minimum absolute atomic E-state index is 0.145. The summed E-state index contributed by atoms with van der Waals surface area (Å²) in [4.78, 5) is 0. The maximum Gasteiger partial charge on any atom is 0.126 e. The molecule has 0 unspecified atom stereocenters. The maximum atomic E-state index is 13.3. The Morgan fingerprint density at radius 1 is 1.39 bits per heavy atom. The third kappa shape index (κ3) is 2.13. The van der Waals surface area contributed by atoms with Gasteiger partial charge in [0.25, 0.3) is 0 Å². The summed E-state index contributed by atoms with van der Waals surface area (Å²) in [6.45, 7) is 5.57. The topological polar surface area (TPSA) is 50.9 Å². The molecule has 1 aromatic carbocycles. The predicted octanol–water partition coefficient (Wildman–Crippen LogP) is 2.33. The summed E-state index contributed by atoms with van der Waals surface area (Å²) in [5.74, 6) is -0.0696. The van der Waals surface area contributed by atoms with Crippen molar-refractivity contribution in [1.29, 1.82) is 0 Å². The first kappa shape index (κ1) is 12.7. The van der Waals surface area contributed by atoms with Gasteiger partial charge in [0, 0.05) is 0 Å². The van der Waals surface area contributed by atoms with Crippen molar-refractivity contribution in [2.24, 2.45) is 0 Å². The number of aromatic nitrogens is 3. The second kappa shape index (κ2) is 4.86. The number of aliphatic hydroxyl groups excluding tert-OH is 1. The number of benzene rings is 1. The molecule has 5 heteroatoms. The summed E-state index contributed by atoms with van der Waals surface area (Å²) in [7, 11) is 0. The van der Waals surface area contributed by atoms with Gasteiger partial charge in [0.15, 0.2) is 0 Å². The van der Waals surface area contributed by atoms with Crippen LogP contribution in [0, 0.1) is 12.7 Å². The lowest BCUT2D eigenvalue weighted by molar-refractivity contribution is 0.275. The van der Waals surface area contributed by atoms with Gasteiger partial charge in [-0.05, 0) is 36.6 Å². The van der Waals surface area contributed by atoms with Crippen molar-refractivity contribution in [2.75, 3.05) is 0 Å². The standard InChI is InChI=1S/C13H16FN3O/c1-8(2)13-12(7-18)15-16-17(13)10-4-5-11(14)9(3)6-10/h4-6,8,18H,7H2,1-3H3. The molecule has 0 aliphatic heterocycles. The highest BCUT2D eigenvalue weighted by atomic mass is 19.1. The van der Waals surface area contributed by atoms with Gasteiger partial charge in [0.2, 0.25) is 0 Å². The Kier molecular flexibility index (Phi) is 3.43. The average Bonchev–Trinajstić information content (AvgIpc) is 2.76. The van der Waals surface area contributed by atoms with E-state index in [0.717, 1.165) is 11.4 Å². The van der Waals surface area contributed by atoms with E-state index in [2.05, 4.69) is 10.3 Å². The molecule has 0 bridgehead atoms. The van der Waals surface area contributed by atoms with E-state index in [0.29, 0.717) is 11.3 Å². The van der Waals surface area contributed by atoms with E-state index in [1.165, 1.54) is 6.07 Å². The fourth-order valence-electron chi connectivity index (χ4n) is 1.96. The molecule has 0 saturated carbocycles. The lowest BCUT2D eigenvalue weighted by Gasteiger charge is -2.11. The minimum Gasteiger partial charge on any atom is -0.390 e. The molecule has 2 rings (SSSR count). The number of aliphatic hydroxyl groups is 1. The van der Waals surface area contributed by atoms with Gasteiger partial charge >= 0.3 is 0 Å². The smallest absolute Gasteiger partial charge is 0.126 e. The molecule has 0 atom stereocenters. The zero-order chi connectivity index (χ0) is 13.3. The number of halogens is 1. The van der Waals surface area contributed by atoms with E-state index in [9.17, 15) is 9.50 Å². The molecule has 1 N–H and O–H groups in total. The van der Waals surface area contributed by atoms with E-state index in [1.807, 2.05) is 13.8 Å². The molecule has 96 valence electrons. The summed E-state index contributed by atoms with van der Waals surface area (Å²) in [5.41, 5.74) is 2.73. The van der Waals surface area contributed by atoms with E-state index >= 15 is 0 Å². The quantitative estimate of drug-likeness (QED) is 0.908. The largest absolute Gasteiger partial charge is 0.390 e. The van der Waals surface area contributed by atoms with Crippen LogP contribution in [-0.4, -0.2) is 20.1 Å². The van der Waals surface area contributed by atoms with Crippen LogP contribution in [-0.2, 0) is 6.61 Å². The Balaban J connectivity index is 2.56. The normalized spacial score (nSPS) is 11.2. The Bertz CT molecular complexity index is 563. The molecular formula is C13H16FN3O. The van der Waals surface area contributed by atoms with Crippen LogP contribution >= 0.6 is 0 Å². The molecule has 1 aromatic heterocycles. The minimum atomic E-state index is -0.243. The van der Waals surface area contributed by atoms with Crippen LogP contribution in [0.4, 0.5) is 4.39 Å². The lowest BCUT2D eigenvalue weighted by Crippen LogP contribution is -2.06. The Morgan fingerprint density at radius 2 is 2.11 bits per heavy atom. The van der Waals surface area contributed by atoms with Crippen molar-refractivity contribution < 1.29 is 9.50 Å². The first-order valence-corrected chi connectivity index (χ1v) is 5.86. The van der Waals surface area contributed by atoms with Crippen LogP contribution in [0.25, 0.3) is 5.69 Å². The van der Waals surface area contributed by atoms with Crippen molar-refractivity contribution in [1.82, 2.24) is 15.0 Å². The molecule has 2 aromatic rings. The van der Waals surface area contributed by atoms with E-state index in [1.54, 1.807) is 23.7 Å². The molecule has 0 aliphatic rings. The molecule has 0 aliphatic carbocycles. The van der Waals surface area contributed by atoms with Crippen LogP contribution in [0.1, 0.15) is 36.7 Å². The molecule has 4 nitrogen and oxygen atoms in total. The highest BCUT2D eigenvalue weighted by Crippen LogP contribution is 2.22. The second-order valence-corrected chi connectivity index (χ2v) is 4.58. The van der Waals surface area contributed by atoms with Gasteiger partial charge in [-0.15, -0.1) is 5.10 Å². The fraction of sp³-hybridized carbons (Fsp3) is 0.385. The summed E-state index contributed by atoms with van der Waals surface area (Å²) < 4.78 is 14.9. The number of rotatable bonds is 3. The van der Waals surface area contributed by atoms with Gasteiger partial charge in [0.1, 0.15) is 11.5 Å². The second-order valence-electron chi connectivity index (χ2n) is 4.58. The molecule has 1 heterocycles. The van der Waals surface area contributed by atoms with Gasteiger partial charge < -0.3 is 5.11 Å². The van der Waals surface area contributed by atoms with Gasteiger partial charge in [-0.1, -0.05) is 19.1 Å². The van der Waals surface area contributed by atoms with Crippen molar-refractivity contribution >= 4 is 0 Å². The van der Waals surface area contributed by atoms with Crippen molar-refractivity contribution in [2.45, 2.75) is 33.3 Å². The lowest BCUT2D eigenvalue weighted by atomic mass is 10.1. The first-order valence-electron chi connectivity index (χ1n) is 5.86. The fourth-order valence-corrected chi connectivity index (χ4v) is 1.96. The monoisotopic (exact) mass is 249 g/mol. The van der Waals surface area contributed by atoms with E-state index in [4.69, 9.17) is 0 Å². The molecule has 0 spiro atoms. The van der Waals surface area contributed by atoms with Gasteiger partial charge in [-0.3, -0.25) is 0 Å². The molecule has 0 radical (unpaired) electrons. The zero-order valence-electron chi connectivity index (χ0n) is 10.7. The molecule has 0 amide bonds. The Hall–Kier alpha value is -1.75. The molecule has 0 fully saturated rings. The van der Waals surface area contributed by atoms with Crippen molar-refractivity contribution in [3.05, 3.63) is 41.0 Å². The molecule has 18 heavy (non-hydrogen) atoms. The zero-order valence-corrected chi connectivity index (χ0v) is 10.7. The summed E-state index contributed by atoms with van der Waals surface area (Å²) in [6.07, 6.45) is 0. The van der Waals surface area contributed by atoms with Crippen LogP contribution in [0.5, 0.6) is 0 Å². The van der Waals surface area contributed by atoms with Crippen molar-refractivity contribution in [3.63, 3.8) is 0 Å². The van der Waals surface area contributed by atoms with Crippen LogP contribution in [0.2, 0.25) is 0 Å². The first-order chi connectivity index (χ1) is 8.54. The number of aryl methyl sites for hydroxylation is 1. The SMILES string of the molecule is Cc1cc(-n2nnc(CO)c2C(C)C)ccc1F. The highest BCUT2D eigenvalue weighted by Gasteiger charge is 2.17. The molecular weight excluding hydrogens is 233 g/mol. The summed E-state index contributed by atoms with van der Waals surface area (Å²) in [6, 6.07) is 4.79. The van der Waals surface area contributed by atoms with Gasteiger partial charge in [0.05, 0.1) is 18.0 Å². The van der Waals surface area contributed by atoms with Crippen LogP contribution < -0.4 is 0 Å². The van der Waals surface area contributed by atoms with Crippen LogP contribution in [0.15, 0.2) is 18.2 Å². The maximum absolute atomic E-state index is 13.3. The summed E-state index contributed by atoms with van der Waals surface area (Å²) in [5, 5.41) is 17.2.